The SMILES string of the molecule is CC(C)[C@H]1C[C@@H]1c1cc2c(cn1)C(C)(C)C(=O)N2CC(F)(F)F. The van der Waals surface area contributed by atoms with Gasteiger partial charge in [0, 0.05) is 23.4 Å². The maximum Gasteiger partial charge on any atom is 0.406 e. The quantitative estimate of drug-likeness (QED) is 0.840. The van der Waals surface area contributed by atoms with Gasteiger partial charge in [0.15, 0.2) is 0 Å². The molecule has 1 aliphatic carbocycles. The smallest absolute Gasteiger partial charge is 0.302 e. The van der Waals surface area contributed by atoms with E-state index in [-0.39, 0.29) is 0 Å². The first-order valence-corrected chi connectivity index (χ1v) is 7.91. The third kappa shape index (κ3) is 2.72. The fourth-order valence-corrected chi connectivity index (χ4v) is 3.56. The van der Waals surface area contributed by atoms with E-state index in [9.17, 15) is 18.0 Å². The van der Waals surface area contributed by atoms with Crippen molar-refractivity contribution in [2.24, 2.45) is 11.8 Å². The summed E-state index contributed by atoms with van der Waals surface area (Å²) in [6, 6.07) is 1.70. The van der Waals surface area contributed by atoms with Crippen LogP contribution < -0.4 is 4.90 Å². The summed E-state index contributed by atoms with van der Waals surface area (Å²) in [6.45, 7) is 6.34. The molecule has 0 bridgehead atoms. The molecule has 1 aliphatic heterocycles. The van der Waals surface area contributed by atoms with Gasteiger partial charge in [-0.05, 0) is 38.2 Å². The van der Waals surface area contributed by atoms with E-state index in [2.05, 4.69) is 18.8 Å². The Morgan fingerprint density at radius 2 is 2.04 bits per heavy atom. The molecular formula is C17H21F3N2O. The summed E-state index contributed by atoms with van der Waals surface area (Å²) in [5.74, 6) is 0.841. The lowest BCUT2D eigenvalue weighted by Gasteiger charge is -2.21. The van der Waals surface area contributed by atoms with Gasteiger partial charge in [-0.25, -0.2) is 0 Å². The predicted molar refractivity (Wildman–Crippen MR) is 81.4 cm³/mol. The fraction of sp³-hybridized carbons (Fsp3) is 0.647. The lowest BCUT2D eigenvalue weighted by molar-refractivity contribution is -0.134. The maximum absolute atomic E-state index is 12.9. The van der Waals surface area contributed by atoms with Crippen molar-refractivity contribution >= 4 is 11.6 Å². The summed E-state index contributed by atoms with van der Waals surface area (Å²) in [5, 5.41) is 0. The number of carbonyl (C=O) groups excluding carboxylic acids is 1. The highest BCUT2D eigenvalue weighted by Crippen LogP contribution is 2.53. The van der Waals surface area contributed by atoms with E-state index in [1.807, 2.05) is 0 Å². The molecule has 2 heterocycles. The van der Waals surface area contributed by atoms with E-state index in [1.165, 1.54) is 0 Å². The summed E-state index contributed by atoms with van der Waals surface area (Å²) >= 11 is 0. The number of carbonyl (C=O) groups is 1. The molecule has 3 nitrogen and oxygen atoms in total. The molecule has 2 aliphatic rings. The number of pyridine rings is 1. The van der Waals surface area contributed by atoms with Crippen LogP contribution in [0.2, 0.25) is 0 Å². The van der Waals surface area contributed by atoms with Crippen molar-refractivity contribution in [1.29, 1.82) is 0 Å². The molecule has 6 heteroatoms. The highest BCUT2D eigenvalue weighted by atomic mass is 19.4. The van der Waals surface area contributed by atoms with Crippen molar-refractivity contribution in [2.75, 3.05) is 11.4 Å². The molecule has 0 saturated heterocycles. The Morgan fingerprint density at radius 3 is 2.57 bits per heavy atom. The van der Waals surface area contributed by atoms with Crippen LogP contribution in [0.4, 0.5) is 18.9 Å². The molecule has 0 spiro atoms. The maximum atomic E-state index is 12.9. The Hall–Kier alpha value is -1.59. The molecule has 0 unspecified atom stereocenters. The van der Waals surface area contributed by atoms with E-state index in [0.29, 0.717) is 29.0 Å². The van der Waals surface area contributed by atoms with Crippen LogP contribution in [0.25, 0.3) is 0 Å². The van der Waals surface area contributed by atoms with Crippen LogP contribution in [-0.2, 0) is 10.2 Å². The minimum absolute atomic E-state index is 0.298. The first kappa shape index (κ1) is 16.3. The van der Waals surface area contributed by atoms with Crippen molar-refractivity contribution in [3.05, 3.63) is 23.5 Å². The molecule has 1 aromatic heterocycles. The van der Waals surface area contributed by atoms with Crippen LogP contribution in [0, 0.1) is 11.8 Å². The van der Waals surface area contributed by atoms with Gasteiger partial charge in [-0.15, -0.1) is 0 Å². The molecule has 0 N–H and O–H groups in total. The average molecular weight is 326 g/mol. The van der Waals surface area contributed by atoms with Crippen molar-refractivity contribution in [3.8, 4) is 0 Å². The number of fused-ring (bicyclic) bond motifs is 1. The van der Waals surface area contributed by atoms with Gasteiger partial charge < -0.3 is 4.90 Å². The molecule has 1 saturated carbocycles. The van der Waals surface area contributed by atoms with Crippen LogP contribution in [0.5, 0.6) is 0 Å². The highest BCUT2D eigenvalue weighted by Gasteiger charge is 2.49. The second-order valence-electron chi connectivity index (χ2n) is 7.51. The predicted octanol–water partition coefficient (Wildman–Crippen LogP) is 4.03. The van der Waals surface area contributed by atoms with E-state index in [1.54, 1.807) is 26.1 Å². The molecular weight excluding hydrogens is 305 g/mol. The normalized spacial score (nSPS) is 25.9. The second-order valence-corrected chi connectivity index (χ2v) is 7.51. The van der Waals surface area contributed by atoms with Crippen LogP contribution in [0.1, 0.15) is 51.3 Å². The number of nitrogens with zero attached hydrogens (tertiary/aromatic N) is 2. The number of amides is 1. The summed E-state index contributed by atoms with van der Waals surface area (Å²) in [6.07, 6.45) is -1.81. The highest BCUT2D eigenvalue weighted by molar-refractivity contribution is 6.07. The Labute approximate surface area is 133 Å². The van der Waals surface area contributed by atoms with Gasteiger partial charge in [0.1, 0.15) is 6.54 Å². The summed E-state index contributed by atoms with van der Waals surface area (Å²) in [4.78, 5) is 17.7. The molecule has 126 valence electrons. The van der Waals surface area contributed by atoms with Gasteiger partial charge in [0.05, 0.1) is 11.1 Å². The fourth-order valence-electron chi connectivity index (χ4n) is 3.56. The Balaban J connectivity index is 1.98. The van der Waals surface area contributed by atoms with Crippen LogP contribution in [0.3, 0.4) is 0 Å². The van der Waals surface area contributed by atoms with E-state index in [4.69, 9.17) is 0 Å². The summed E-state index contributed by atoms with van der Waals surface area (Å²) < 4.78 is 38.6. The standard InChI is InChI=1S/C17H21F3N2O/c1-9(2)10-5-11(10)13-6-14-12(7-21-13)16(3,4)15(23)22(14)8-17(18,19)20/h6-7,9-11H,5,8H2,1-4H3/t10-,11+/m1/s1. The first-order valence-electron chi connectivity index (χ1n) is 7.91. The Bertz CT molecular complexity index is 652. The Kier molecular flexibility index (Phi) is 3.50. The molecule has 1 aromatic rings. The van der Waals surface area contributed by atoms with Crippen LogP contribution in [0.15, 0.2) is 12.3 Å². The molecule has 3 rings (SSSR count). The minimum Gasteiger partial charge on any atom is -0.302 e. The first-order chi connectivity index (χ1) is 10.5. The lowest BCUT2D eigenvalue weighted by atomic mass is 9.87. The number of hydrogen-bond donors (Lipinski definition) is 0. The molecule has 1 fully saturated rings. The lowest BCUT2D eigenvalue weighted by Crippen LogP contribution is -2.41. The van der Waals surface area contributed by atoms with Gasteiger partial charge in [0.25, 0.3) is 0 Å². The molecule has 23 heavy (non-hydrogen) atoms. The summed E-state index contributed by atoms with van der Waals surface area (Å²) in [5.41, 5.74) is 0.793. The topological polar surface area (TPSA) is 33.2 Å². The number of aromatic nitrogens is 1. The number of alkyl halides is 3. The largest absolute Gasteiger partial charge is 0.406 e. The van der Waals surface area contributed by atoms with Gasteiger partial charge in [-0.2, -0.15) is 13.2 Å². The van der Waals surface area contributed by atoms with Gasteiger partial charge >= 0.3 is 6.18 Å². The van der Waals surface area contributed by atoms with Crippen molar-refractivity contribution in [1.82, 2.24) is 4.98 Å². The number of rotatable bonds is 3. The van der Waals surface area contributed by atoms with Gasteiger partial charge in [-0.3, -0.25) is 9.78 Å². The van der Waals surface area contributed by atoms with E-state index >= 15 is 0 Å². The van der Waals surface area contributed by atoms with Crippen molar-refractivity contribution in [3.63, 3.8) is 0 Å². The van der Waals surface area contributed by atoms with Crippen LogP contribution >= 0.6 is 0 Å². The third-order valence-corrected chi connectivity index (χ3v) is 5.06. The molecule has 0 aromatic carbocycles. The minimum atomic E-state index is -4.42. The van der Waals surface area contributed by atoms with Crippen molar-refractivity contribution in [2.45, 2.75) is 51.6 Å². The summed E-state index contributed by atoms with van der Waals surface area (Å²) in [7, 11) is 0. The van der Waals surface area contributed by atoms with Gasteiger partial charge in [0.2, 0.25) is 5.91 Å². The van der Waals surface area contributed by atoms with Crippen LogP contribution in [-0.4, -0.2) is 23.6 Å². The average Bonchev–Trinajstić information content (AvgIpc) is 3.19. The van der Waals surface area contributed by atoms with Gasteiger partial charge in [-0.1, -0.05) is 13.8 Å². The zero-order valence-electron chi connectivity index (χ0n) is 13.7. The molecule has 1 amide bonds. The van der Waals surface area contributed by atoms with E-state index < -0.39 is 24.0 Å². The molecule has 0 radical (unpaired) electrons. The second kappa shape index (κ2) is 4.95. The number of anilines is 1. The zero-order valence-corrected chi connectivity index (χ0v) is 13.7. The zero-order chi connectivity index (χ0) is 17.2. The van der Waals surface area contributed by atoms with Crippen molar-refractivity contribution < 1.29 is 18.0 Å². The molecule has 2 atom stereocenters. The number of halogens is 3. The monoisotopic (exact) mass is 326 g/mol. The number of hydrogen-bond acceptors (Lipinski definition) is 2. The van der Waals surface area contributed by atoms with E-state index in [0.717, 1.165) is 17.0 Å². The Morgan fingerprint density at radius 1 is 1.39 bits per heavy atom. The third-order valence-electron chi connectivity index (χ3n) is 5.06.